The van der Waals surface area contributed by atoms with E-state index in [0.29, 0.717) is 0 Å². The van der Waals surface area contributed by atoms with Gasteiger partial charge in [0.15, 0.2) is 0 Å². The van der Waals surface area contributed by atoms with E-state index in [-0.39, 0.29) is 12.1 Å². The number of urea groups is 1. The minimum Gasteiger partial charge on any atom is -0.496 e. The topological polar surface area (TPSA) is 50.4 Å². The van der Waals surface area contributed by atoms with Crippen LogP contribution in [0.2, 0.25) is 0 Å². The third-order valence-corrected chi connectivity index (χ3v) is 3.23. The Bertz CT molecular complexity index is 611. The number of carbonyl (C=O) groups excluding carboxylic acids is 1. The molecule has 2 amide bonds. The van der Waals surface area contributed by atoms with E-state index in [2.05, 4.69) is 10.6 Å². The first-order chi connectivity index (χ1) is 10.1. The average molecular weight is 284 g/mol. The number of ether oxygens (including phenoxy) is 1. The molecule has 4 nitrogen and oxygen atoms in total. The lowest BCUT2D eigenvalue weighted by atomic mass is 10.0. The number of benzene rings is 2. The summed E-state index contributed by atoms with van der Waals surface area (Å²) >= 11 is 0. The van der Waals surface area contributed by atoms with Crippen molar-refractivity contribution in [1.29, 1.82) is 0 Å². The molecule has 2 aromatic rings. The molecule has 2 N–H and O–H groups in total. The van der Waals surface area contributed by atoms with Gasteiger partial charge in [-0.05, 0) is 32.0 Å². The van der Waals surface area contributed by atoms with Crippen LogP contribution in [0.1, 0.15) is 24.1 Å². The number of nitrogens with one attached hydrogen (secondary N) is 2. The van der Waals surface area contributed by atoms with E-state index < -0.39 is 0 Å². The van der Waals surface area contributed by atoms with Crippen LogP contribution in [0.4, 0.5) is 10.5 Å². The zero-order valence-electron chi connectivity index (χ0n) is 12.5. The molecule has 0 saturated heterocycles. The summed E-state index contributed by atoms with van der Waals surface area (Å²) in [7, 11) is 1.63. The Morgan fingerprint density at radius 2 is 1.86 bits per heavy atom. The second-order valence-electron chi connectivity index (χ2n) is 4.93. The summed E-state index contributed by atoms with van der Waals surface area (Å²) in [6, 6.07) is 14.9. The molecule has 0 aliphatic rings. The van der Waals surface area contributed by atoms with Crippen LogP contribution < -0.4 is 15.4 Å². The van der Waals surface area contributed by atoms with Crippen LogP contribution in [0.3, 0.4) is 0 Å². The van der Waals surface area contributed by atoms with Crippen LogP contribution in [-0.2, 0) is 0 Å². The third kappa shape index (κ3) is 3.99. The minimum absolute atomic E-state index is 0.149. The quantitative estimate of drug-likeness (QED) is 0.895. The molecular formula is C17H20N2O2. The number of anilines is 1. The number of para-hydroxylation sites is 1. The summed E-state index contributed by atoms with van der Waals surface area (Å²) in [4.78, 5) is 12.0. The van der Waals surface area contributed by atoms with Crippen molar-refractivity contribution in [2.45, 2.75) is 19.9 Å². The normalized spacial score (nSPS) is 11.6. The van der Waals surface area contributed by atoms with Crippen molar-refractivity contribution >= 4 is 11.7 Å². The Morgan fingerprint density at radius 3 is 2.52 bits per heavy atom. The third-order valence-electron chi connectivity index (χ3n) is 3.23. The molecule has 0 unspecified atom stereocenters. The van der Waals surface area contributed by atoms with Crippen molar-refractivity contribution in [3.63, 3.8) is 0 Å². The van der Waals surface area contributed by atoms with Crippen LogP contribution >= 0.6 is 0 Å². The van der Waals surface area contributed by atoms with E-state index in [9.17, 15) is 4.79 Å². The number of hydrogen-bond acceptors (Lipinski definition) is 2. The van der Waals surface area contributed by atoms with Gasteiger partial charge in [0.2, 0.25) is 0 Å². The molecule has 1 atom stereocenters. The van der Waals surface area contributed by atoms with Crippen LogP contribution in [0, 0.1) is 6.92 Å². The molecule has 0 radical (unpaired) electrons. The summed E-state index contributed by atoms with van der Waals surface area (Å²) in [5.74, 6) is 0.771. The summed E-state index contributed by atoms with van der Waals surface area (Å²) in [5, 5.41) is 5.72. The van der Waals surface area contributed by atoms with Gasteiger partial charge in [-0.15, -0.1) is 0 Å². The van der Waals surface area contributed by atoms with Crippen molar-refractivity contribution in [3.8, 4) is 5.75 Å². The highest BCUT2D eigenvalue weighted by molar-refractivity contribution is 5.89. The van der Waals surface area contributed by atoms with E-state index in [1.807, 2.05) is 62.4 Å². The average Bonchev–Trinajstić information content (AvgIpc) is 2.48. The highest BCUT2D eigenvalue weighted by Crippen LogP contribution is 2.26. The Morgan fingerprint density at radius 1 is 1.14 bits per heavy atom. The Hall–Kier alpha value is -2.49. The molecule has 0 aliphatic heterocycles. The van der Waals surface area contributed by atoms with Gasteiger partial charge in [0.1, 0.15) is 5.75 Å². The van der Waals surface area contributed by atoms with Crippen LogP contribution in [0.15, 0.2) is 48.5 Å². The summed E-state index contributed by atoms with van der Waals surface area (Å²) in [6.07, 6.45) is 0. The van der Waals surface area contributed by atoms with Crippen LogP contribution in [0.5, 0.6) is 5.75 Å². The van der Waals surface area contributed by atoms with Crippen LogP contribution in [-0.4, -0.2) is 13.1 Å². The van der Waals surface area contributed by atoms with Gasteiger partial charge in [-0.3, -0.25) is 0 Å². The standard InChI is InChI=1S/C17H20N2O2/c1-12-9-10-16(21-3)15(11-12)13(2)18-17(20)19-14-7-5-4-6-8-14/h4-11,13H,1-3H3,(H2,18,19,20)/t13-/m0/s1. The van der Waals surface area contributed by atoms with E-state index >= 15 is 0 Å². The highest BCUT2D eigenvalue weighted by Gasteiger charge is 2.14. The number of carbonyl (C=O) groups is 1. The lowest BCUT2D eigenvalue weighted by molar-refractivity contribution is 0.249. The van der Waals surface area contributed by atoms with Crippen molar-refractivity contribution in [1.82, 2.24) is 5.32 Å². The fraction of sp³-hybridized carbons (Fsp3) is 0.235. The van der Waals surface area contributed by atoms with E-state index in [1.54, 1.807) is 7.11 Å². The summed E-state index contributed by atoms with van der Waals surface area (Å²) in [6.45, 7) is 3.95. The molecule has 0 saturated carbocycles. The maximum absolute atomic E-state index is 12.0. The van der Waals surface area contributed by atoms with E-state index in [0.717, 1.165) is 22.6 Å². The molecule has 0 aliphatic carbocycles. The fourth-order valence-corrected chi connectivity index (χ4v) is 2.16. The molecule has 2 aromatic carbocycles. The van der Waals surface area contributed by atoms with Gasteiger partial charge < -0.3 is 15.4 Å². The van der Waals surface area contributed by atoms with E-state index in [4.69, 9.17) is 4.74 Å². The number of amides is 2. The molecule has 4 heteroatoms. The SMILES string of the molecule is COc1ccc(C)cc1[C@H](C)NC(=O)Nc1ccccc1. The van der Waals surface area contributed by atoms with Gasteiger partial charge in [0, 0.05) is 11.3 Å². The number of rotatable bonds is 4. The van der Waals surface area contributed by atoms with Gasteiger partial charge in [0.25, 0.3) is 0 Å². The van der Waals surface area contributed by atoms with E-state index in [1.165, 1.54) is 0 Å². The molecule has 0 fully saturated rings. The Kier molecular flexibility index (Phi) is 4.82. The number of aryl methyl sites for hydroxylation is 1. The zero-order valence-corrected chi connectivity index (χ0v) is 12.5. The minimum atomic E-state index is -0.239. The van der Waals surface area contributed by atoms with Gasteiger partial charge in [-0.2, -0.15) is 0 Å². The maximum Gasteiger partial charge on any atom is 0.319 e. The largest absolute Gasteiger partial charge is 0.496 e. The first kappa shape index (κ1) is 14.9. The second kappa shape index (κ2) is 6.79. The van der Waals surface area contributed by atoms with Gasteiger partial charge in [-0.1, -0.05) is 35.9 Å². The maximum atomic E-state index is 12.0. The van der Waals surface area contributed by atoms with Crippen molar-refractivity contribution in [3.05, 3.63) is 59.7 Å². The lowest BCUT2D eigenvalue weighted by Crippen LogP contribution is -2.31. The Labute approximate surface area is 125 Å². The smallest absolute Gasteiger partial charge is 0.319 e. The monoisotopic (exact) mass is 284 g/mol. The molecular weight excluding hydrogens is 264 g/mol. The second-order valence-corrected chi connectivity index (χ2v) is 4.93. The molecule has 0 aromatic heterocycles. The van der Waals surface area contributed by atoms with Gasteiger partial charge >= 0.3 is 6.03 Å². The molecule has 0 heterocycles. The molecule has 2 rings (SSSR count). The number of methoxy groups -OCH3 is 1. The highest BCUT2D eigenvalue weighted by atomic mass is 16.5. The zero-order chi connectivity index (χ0) is 15.2. The van der Waals surface area contributed by atoms with Crippen LogP contribution in [0.25, 0.3) is 0 Å². The van der Waals surface area contributed by atoms with Crippen molar-refractivity contribution in [2.24, 2.45) is 0 Å². The number of hydrogen-bond donors (Lipinski definition) is 2. The summed E-state index contributed by atoms with van der Waals surface area (Å²) < 4.78 is 5.35. The predicted molar refractivity (Wildman–Crippen MR) is 84.7 cm³/mol. The molecule has 110 valence electrons. The first-order valence-electron chi connectivity index (χ1n) is 6.87. The molecule has 0 spiro atoms. The summed E-state index contributed by atoms with van der Waals surface area (Å²) in [5.41, 5.74) is 2.85. The van der Waals surface area contributed by atoms with Crippen molar-refractivity contribution in [2.75, 3.05) is 12.4 Å². The van der Waals surface area contributed by atoms with Gasteiger partial charge in [-0.25, -0.2) is 4.79 Å². The van der Waals surface area contributed by atoms with Crippen molar-refractivity contribution < 1.29 is 9.53 Å². The Balaban J connectivity index is 2.05. The molecule has 0 bridgehead atoms. The molecule has 21 heavy (non-hydrogen) atoms. The predicted octanol–water partition coefficient (Wildman–Crippen LogP) is 3.89. The van der Waals surface area contributed by atoms with Gasteiger partial charge in [0.05, 0.1) is 13.2 Å². The fourth-order valence-electron chi connectivity index (χ4n) is 2.16. The first-order valence-corrected chi connectivity index (χ1v) is 6.87. The lowest BCUT2D eigenvalue weighted by Gasteiger charge is -2.18.